The van der Waals surface area contributed by atoms with Gasteiger partial charge in [-0.2, -0.15) is 0 Å². The zero-order valence-corrected chi connectivity index (χ0v) is 11.1. The zero-order chi connectivity index (χ0) is 15.4. The van der Waals surface area contributed by atoms with Gasteiger partial charge in [-0.15, -0.1) is 0 Å². The van der Waals surface area contributed by atoms with Crippen molar-refractivity contribution in [2.24, 2.45) is 5.73 Å². The van der Waals surface area contributed by atoms with Crippen molar-refractivity contribution in [2.45, 2.75) is 18.9 Å². The van der Waals surface area contributed by atoms with Crippen molar-refractivity contribution in [3.8, 4) is 0 Å². The van der Waals surface area contributed by atoms with E-state index in [0.29, 0.717) is 6.42 Å². The molecule has 4 nitrogen and oxygen atoms in total. The van der Waals surface area contributed by atoms with Gasteiger partial charge in [-0.25, -0.2) is 8.78 Å². The number of nitrogens with two attached hydrogens (primary N) is 1. The molecule has 0 aromatic heterocycles. The Kier molecular flexibility index (Phi) is 4.59. The van der Waals surface area contributed by atoms with Gasteiger partial charge in [0, 0.05) is 17.7 Å². The van der Waals surface area contributed by atoms with E-state index in [2.05, 4.69) is 0 Å². The number of halogens is 2. The van der Waals surface area contributed by atoms with Gasteiger partial charge in [-0.1, -0.05) is 12.1 Å². The molecule has 6 heteroatoms. The SMILES string of the molecule is NC(Cc1ccc(F)cc1)Cc1cc(F)ccc1[N+](=O)[O-]. The summed E-state index contributed by atoms with van der Waals surface area (Å²) in [6.07, 6.45) is 0.597. The summed E-state index contributed by atoms with van der Waals surface area (Å²) in [6.45, 7) is 0. The van der Waals surface area contributed by atoms with E-state index in [1.165, 1.54) is 12.1 Å². The van der Waals surface area contributed by atoms with Gasteiger partial charge in [0.1, 0.15) is 11.6 Å². The zero-order valence-electron chi connectivity index (χ0n) is 11.1. The van der Waals surface area contributed by atoms with E-state index in [1.807, 2.05) is 0 Å². The van der Waals surface area contributed by atoms with Crippen LogP contribution in [-0.2, 0) is 12.8 Å². The van der Waals surface area contributed by atoms with Gasteiger partial charge >= 0.3 is 0 Å². The molecule has 21 heavy (non-hydrogen) atoms. The predicted molar refractivity (Wildman–Crippen MR) is 74.8 cm³/mol. The third-order valence-electron chi connectivity index (χ3n) is 3.13. The van der Waals surface area contributed by atoms with Crippen molar-refractivity contribution in [3.63, 3.8) is 0 Å². The normalized spacial score (nSPS) is 12.1. The lowest BCUT2D eigenvalue weighted by molar-refractivity contribution is -0.385. The van der Waals surface area contributed by atoms with Gasteiger partial charge in [-0.3, -0.25) is 10.1 Å². The molecule has 0 aliphatic heterocycles. The first-order valence-electron chi connectivity index (χ1n) is 6.38. The molecule has 1 unspecified atom stereocenters. The third-order valence-corrected chi connectivity index (χ3v) is 3.13. The minimum Gasteiger partial charge on any atom is -0.327 e. The molecular weight excluding hydrogens is 278 g/mol. The van der Waals surface area contributed by atoms with E-state index in [4.69, 9.17) is 5.73 Å². The molecule has 2 rings (SSSR count). The molecule has 0 fully saturated rings. The molecule has 110 valence electrons. The summed E-state index contributed by atoms with van der Waals surface area (Å²) in [5.41, 5.74) is 6.89. The van der Waals surface area contributed by atoms with Crippen LogP contribution in [0.15, 0.2) is 42.5 Å². The monoisotopic (exact) mass is 292 g/mol. The summed E-state index contributed by atoms with van der Waals surface area (Å²) in [6, 6.07) is 8.75. The van der Waals surface area contributed by atoms with Crippen molar-refractivity contribution in [3.05, 3.63) is 75.3 Å². The maximum atomic E-state index is 13.2. The van der Waals surface area contributed by atoms with Crippen LogP contribution in [0.4, 0.5) is 14.5 Å². The Morgan fingerprint density at radius 2 is 1.67 bits per heavy atom. The standard InChI is InChI=1S/C15H14F2N2O2/c16-12-3-1-10(2-4-12)7-14(18)9-11-8-13(17)5-6-15(11)19(20)21/h1-6,8,14H,7,9,18H2. The second-order valence-electron chi connectivity index (χ2n) is 4.82. The summed E-state index contributed by atoms with van der Waals surface area (Å²) in [5, 5.41) is 10.9. The van der Waals surface area contributed by atoms with Gasteiger partial charge in [-0.05, 0) is 42.7 Å². The van der Waals surface area contributed by atoms with Crippen LogP contribution < -0.4 is 5.73 Å². The topological polar surface area (TPSA) is 69.2 Å². The Labute approximate surface area is 120 Å². The van der Waals surface area contributed by atoms with E-state index in [-0.39, 0.29) is 23.5 Å². The number of nitro benzene ring substituents is 1. The van der Waals surface area contributed by atoms with Gasteiger partial charge in [0.2, 0.25) is 0 Å². The minimum atomic E-state index is -0.556. The molecule has 2 aromatic carbocycles. The van der Waals surface area contributed by atoms with Crippen LogP contribution in [0.5, 0.6) is 0 Å². The van der Waals surface area contributed by atoms with E-state index < -0.39 is 16.8 Å². The highest BCUT2D eigenvalue weighted by molar-refractivity contribution is 5.41. The van der Waals surface area contributed by atoms with E-state index in [0.717, 1.165) is 23.8 Å². The molecule has 0 aliphatic rings. The fourth-order valence-corrected chi connectivity index (χ4v) is 2.17. The lowest BCUT2D eigenvalue weighted by atomic mass is 9.98. The number of hydrogen-bond acceptors (Lipinski definition) is 3. The number of hydrogen-bond donors (Lipinski definition) is 1. The molecule has 0 aliphatic carbocycles. The van der Waals surface area contributed by atoms with Crippen LogP contribution in [0.25, 0.3) is 0 Å². The minimum absolute atomic E-state index is 0.147. The molecule has 0 saturated heterocycles. The Morgan fingerprint density at radius 3 is 2.29 bits per heavy atom. The van der Waals surface area contributed by atoms with Crippen LogP contribution in [0.3, 0.4) is 0 Å². The first kappa shape index (κ1) is 15.1. The Balaban J connectivity index is 2.12. The molecule has 0 radical (unpaired) electrons. The highest BCUT2D eigenvalue weighted by Crippen LogP contribution is 2.21. The van der Waals surface area contributed by atoms with Gasteiger partial charge in [0.15, 0.2) is 0 Å². The Morgan fingerprint density at radius 1 is 1.05 bits per heavy atom. The van der Waals surface area contributed by atoms with E-state index >= 15 is 0 Å². The molecule has 0 heterocycles. The lowest BCUT2D eigenvalue weighted by Gasteiger charge is -2.12. The van der Waals surface area contributed by atoms with Crippen molar-refractivity contribution < 1.29 is 13.7 Å². The number of rotatable bonds is 5. The Bertz CT molecular complexity index is 645. The number of nitrogens with zero attached hydrogens (tertiary/aromatic N) is 1. The second-order valence-corrected chi connectivity index (χ2v) is 4.82. The number of nitro groups is 1. The maximum absolute atomic E-state index is 13.2. The van der Waals surface area contributed by atoms with Gasteiger partial charge in [0.05, 0.1) is 4.92 Å². The summed E-state index contributed by atoms with van der Waals surface area (Å²) >= 11 is 0. The summed E-state index contributed by atoms with van der Waals surface area (Å²) in [5.74, 6) is -0.877. The highest BCUT2D eigenvalue weighted by Gasteiger charge is 2.17. The predicted octanol–water partition coefficient (Wildman–Crippen LogP) is 2.99. The molecule has 1 atom stereocenters. The van der Waals surface area contributed by atoms with Crippen molar-refractivity contribution in [1.82, 2.24) is 0 Å². The van der Waals surface area contributed by atoms with E-state index in [9.17, 15) is 18.9 Å². The van der Waals surface area contributed by atoms with Crippen molar-refractivity contribution in [2.75, 3.05) is 0 Å². The summed E-state index contributed by atoms with van der Waals surface area (Å²) in [4.78, 5) is 10.4. The molecule has 0 amide bonds. The molecule has 0 spiro atoms. The average molecular weight is 292 g/mol. The largest absolute Gasteiger partial charge is 0.327 e. The van der Waals surface area contributed by atoms with Crippen LogP contribution in [0.1, 0.15) is 11.1 Å². The van der Waals surface area contributed by atoms with Gasteiger partial charge < -0.3 is 5.73 Å². The molecular formula is C15H14F2N2O2. The van der Waals surface area contributed by atoms with Crippen molar-refractivity contribution >= 4 is 5.69 Å². The maximum Gasteiger partial charge on any atom is 0.272 e. The second kappa shape index (κ2) is 6.41. The van der Waals surface area contributed by atoms with Crippen LogP contribution in [0.2, 0.25) is 0 Å². The molecule has 2 aromatic rings. The van der Waals surface area contributed by atoms with Crippen LogP contribution in [-0.4, -0.2) is 11.0 Å². The third kappa shape index (κ3) is 4.06. The molecule has 2 N–H and O–H groups in total. The van der Waals surface area contributed by atoms with Crippen LogP contribution >= 0.6 is 0 Å². The summed E-state index contributed by atoms with van der Waals surface area (Å²) < 4.78 is 26.0. The average Bonchev–Trinajstić information content (AvgIpc) is 2.41. The quantitative estimate of drug-likeness (QED) is 0.680. The lowest BCUT2D eigenvalue weighted by Crippen LogP contribution is -2.26. The molecule has 0 saturated carbocycles. The van der Waals surface area contributed by atoms with Crippen LogP contribution in [0, 0.1) is 21.7 Å². The fraction of sp³-hybridized carbons (Fsp3) is 0.200. The Hall–Kier alpha value is -2.34. The summed E-state index contributed by atoms with van der Waals surface area (Å²) in [7, 11) is 0. The first-order valence-corrected chi connectivity index (χ1v) is 6.38. The smallest absolute Gasteiger partial charge is 0.272 e. The van der Waals surface area contributed by atoms with E-state index in [1.54, 1.807) is 12.1 Å². The first-order chi connectivity index (χ1) is 9.95. The highest BCUT2D eigenvalue weighted by atomic mass is 19.1. The number of benzene rings is 2. The molecule has 0 bridgehead atoms. The van der Waals surface area contributed by atoms with Gasteiger partial charge in [0.25, 0.3) is 5.69 Å². The van der Waals surface area contributed by atoms with Crippen molar-refractivity contribution in [1.29, 1.82) is 0 Å². The fourth-order valence-electron chi connectivity index (χ4n) is 2.17.